The van der Waals surface area contributed by atoms with Crippen LogP contribution in [0.1, 0.15) is 5.56 Å². The molecule has 3 nitrogen and oxygen atoms in total. The average Bonchev–Trinajstić information content (AvgIpc) is 2.72. The summed E-state index contributed by atoms with van der Waals surface area (Å²) >= 11 is 2.20. The predicted molar refractivity (Wildman–Crippen MR) is 71.9 cm³/mol. The lowest BCUT2D eigenvalue weighted by Gasteiger charge is -2.19. The van der Waals surface area contributed by atoms with Gasteiger partial charge >= 0.3 is 0 Å². The number of benzene rings is 1. The molecule has 0 radical (unpaired) electrons. The summed E-state index contributed by atoms with van der Waals surface area (Å²) in [4.78, 5) is 10.3. The number of halogens is 2. The van der Waals surface area contributed by atoms with Crippen molar-refractivity contribution in [3.63, 3.8) is 0 Å². The highest BCUT2D eigenvalue weighted by Gasteiger charge is 2.23. The first-order valence-electron chi connectivity index (χ1n) is 5.27. The van der Waals surface area contributed by atoms with Crippen molar-refractivity contribution in [2.75, 3.05) is 11.4 Å². The van der Waals surface area contributed by atoms with Gasteiger partial charge in [-0.25, -0.2) is 14.4 Å². The van der Waals surface area contributed by atoms with E-state index in [9.17, 15) is 4.39 Å². The van der Waals surface area contributed by atoms with Gasteiger partial charge in [0, 0.05) is 18.4 Å². The van der Waals surface area contributed by atoms with Crippen LogP contribution in [0.2, 0.25) is 0 Å². The zero-order valence-electron chi connectivity index (χ0n) is 8.90. The van der Waals surface area contributed by atoms with E-state index in [4.69, 9.17) is 0 Å². The largest absolute Gasteiger partial charge is 0.325 e. The number of fused-ring (bicyclic) bond motifs is 1. The fourth-order valence-electron chi connectivity index (χ4n) is 2.08. The molecule has 0 fully saturated rings. The second kappa shape index (κ2) is 4.21. The minimum atomic E-state index is -0.209. The second-order valence-electron chi connectivity index (χ2n) is 3.87. The van der Waals surface area contributed by atoms with Crippen LogP contribution >= 0.6 is 22.6 Å². The Labute approximate surface area is 112 Å². The van der Waals surface area contributed by atoms with Crippen LogP contribution in [0.15, 0.2) is 30.7 Å². The van der Waals surface area contributed by atoms with Gasteiger partial charge in [0.05, 0.1) is 3.57 Å². The van der Waals surface area contributed by atoms with Crippen LogP contribution in [0.5, 0.6) is 0 Å². The molecular formula is C12H9FIN3. The van der Waals surface area contributed by atoms with Gasteiger partial charge in [-0.05, 0) is 46.7 Å². The molecule has 0 saturated heterocycles. The normalized spacial score (nSPS) is 13.9. The molecule has 86 valence electrons. The molecule has 0 spiro atoms. The summed E-state index contributed by atoms with van der Waals surface area (Å²) in [5, 5.41) is 0. The van der Waals surface area contributed by atoms with E-state index in [1.54, 1.807) is 12.3 Å². The Hall–Kier alpha value is -1.24. The van der Waals surface area contributed by atoms with E-state index in [2.05, 4.69) is 32.6 Å². The summed E-state index contributed by atoms with van der Waals surface area (Å²) in [6.45, 7) is 0.839. The van der Waals surface area contributed by atoms with Gasteiger partial charge in [-0.15, -0.1) is 0 Å². The van der Waals surface area contributed by atoms with Crippen molar-refractivity contribution in [2.45, 2.75) is 6.42 Å². The molecule has 0 bridgehead atoms. The maximum absolute atomic E-state index is 13.3. The summed E-state index contributed by atoms with van der Waals surface area (Å²) in [5.74, 6) is 0.643. The van der Waals surface area contributed by atoms with Crippen LogP contribution < -0.4 is 4.90 Å². The summed E-state index contributed by atoms with van der Waals surface area (Å²) in [6, 6.07) is 4.92. The van der Waals surface area contributed by atoms with Crippen LogP contribution in [0.3, 0.4) is 0 Å². The lowest BCUT2D eigenvalue weighted by atomic mass is 10.2. The minimum absolute atomic E-state index is 0.209. The summed E-state index contributed by atoms with van der Waals surface area (Å²) < 4.78 is 14.3. The molecule has 1 aromatic carbocycles. The van der Waals surface area contributed by atoms with Crippen LogP contribution in [0, 0.1) is 9.39 Å². The molecule has 1 aromatic heterocycles. The molecule has 0 saturated carbocycles. The van der Waals surface area contributed by atoms with E-state index in [-0.39, 0.29) is 5.82 Å². The van der Waals surface area contributed by atoms with Gasteiger partial charge in [0.2, 0.25) is 0 Å². The molecule has 0 aliphatic carbocycles. The van der Waals surface area contributed by atoms with Gasteiger partial charge < -0.3 is 4.90 Å². The Morgan fingerprint density at radius 2 is 2.24 bits per heavy atom. The summed E-state index contributed by atoms with van der Waals surface area (Å²) in [5.41, 5.74) is 2.09. The van der Waals surface area contributed by atoms with Crippen molar-refractivity contribution in [1.29, 1.82) is 0 Å². The third-order valence-electron chi connectivity index (χ3n) is 2.85. The van der Waals surface area contributed by atoms with Crippen LogP contribution in [0.25, 0.3) is 0 Å². The molecule has 17 heavy (non-hydrogen) atoms. The van der Waals surface area contributed by atoms with Gasteiger partial charge in [-0.2, -0.15) is 0 Å². The van der Waals surface area contributed by atoms with Gasteiger partial charge in [0.25, 0.3) is 0 Å². The van der Waals surface area contributed by atoms with Gasteiger partial charge in [0.1, 0.15) is 18.0 Å². The van der Waals surface area contributed by atoms with Crippen molar-refractivity contribution in [2.24, 2.45) is 0 Å². The quantitative estimate of drug-likeness (QED) is 0.747. The zero-order valence-corrected chi connectivity index (χ0v) is 11.1. The molecule has 2 aromatic rings. The number of rotatable bonds is 1. The number of hydrogen-bond donors (Lipinski definition) is 0. The second-order valence-corrected chi connectivity index (χ2v) is 5.03. The van der Waals surface area contributed by atoms with Gasteiger partial charge in [-0.3, -0.25) is 0 Å². The van der Waals surface area contributed by atoms with Crippen molar-refractivity contribution < 1.29 is 4.39 Å². The van der Waals surface area contributed by atoms with Crippen molar-refractivity contribution in [1.82, 2.24) is 9.97 Å². The molecule has 1 aliphatic rings. The Kier molecular flexibility index (Phi) is 2.70. The van der Waals surface area contributed by atoms with E-state index in [0.717, 1.165) is 28.0 Å². The van der Waals surface area contributed by atoms with E-state index >= 15 is 0 Å². The van der Waals surface area contributed by atoms with E-state index in [1.165, 1.54) is 18.0 Å². The highest BCUT2D eigenvalue weighted by Crippen LogP contribution is 2.35. The standard InChI is InChI=1S/C12H9FIN3/c13-9-2-1-8-3-4-17(11(8)5-9)12-10(14)6-15-7-16-12/h1-2,5-7H,3-4H2. The van der Waals surface area contributed by atoms with E-state index < -0.39 is 0 Å². The minimum Gasteiger partial charge on any atom is -0.325 e. The zero-order chi connectivity index (χ0) is 11.8. The van der Waals surface area contributed by atoms with Crippen molar-refractivity contribution in [3.05, 3.63) is 45.7 Å². The number of aromatic nitrogens is 2. The molecule has 0 N–H and O–H groups in total. The highest BCUT2D eigenvalue weighted by atomic mass is 127. The van der Waals surface area contributed by atoms with Gasteiger partial charge in [-0.1, -0.05) is 6.07 Å². The third kappa shape index (κ3) is 1.88. The van der Waals surface area contributed by atoms with Crippen LogP contribution in [-0.2, 0) is 6.42 Å². The molecule has 3 rings (SSSR count). The Morgan fingerprint density at radius 3 is 3.06 bits per heavy atom. The molecule has 0 amide bonds. The van der Waals surface area contributed by atoms with E-state index in [1.807, 2.05) is 11.0 Å². The van der Waals surface area contributed by atoms with E-state index in [0.29, 0.717) is 0 Å². The average molecular weight is 341 g/mol. The topological polar surface area (TPSA) is 29.0 Å². The maximum atomic E-state index is 13.3. The van der Waals surface area contributed by atoms with Crippen LogP contribution in [-0.4, -0.2) is 16.5 Å². The van der Waals surface area contributed by atoms with Crippen molar-refractivity contribution >= 4 is 34.1 Å². The lowest BCUT2D eigenvalue weighted by molar-refractivity contribution is 0.628. The molecule has 2 heterocycles. The SMILES string of the molecule is Fc1ccc2c(c1)N(c1ncncc1I)CC2. The number of hydrogen-bond acceptors (Lipinski definition) is 3. The first-order chi connectivity index (χ1) is 8.25. The Bertz CT molecular complexity index is 573. The van der Waals surface area contributed by atoms with Crippen LogP contribution in [0.4, 0.5) is 15.9 Å². The summed E-state index contributed by atoms with van der Waals surface area (Å²) in [6.07, 6.45) is 4.21. The molecular weight excluding hydrogens is 332 g/mol. The molecule has 0 unspecified atom stereocenters. The lowest BCUT2D eigenvalue weighted by Crippen LogP contribution is -2.16. The van der Waals surface area contributed by atoms with Crippen molar-refractivity contribution in [3.8, 4) is 0 Å². The fourth-order valence-corrected chi connectivity index (χ4v) is 2.67. The summed E-state index contributed by atoms with van der Waals surface area (Å²) in [7, 11) is 0. The van der Waals surface area contributed by atoms with Gasteiger partial charge in [0.15, 0.2) is 0 Å². The molecule has 1 aliphatic heterocycles. The molecule has 0 atom stereocenters. The molecule has 5 heteroatoms. The monoisotopic (exact) mass is 341 g/mol. The Morgan fingerprint density at radius 1 is 1.35 bits per heavy atom. The fraction of sp³-hybridized carbons (Fsp3) is 0.167. The predicted octanol–water partition coefficient (Wildman–Crippen LogP) is 2.91. The number of anilines is 2. The first-order valence-corrected chi connectivity index (χ1v) is 6.35. The maximum Gasteiger partial charge on any atom is 0.149 e. The third-order valence-corrected chi connectivity index (χ3v) is 3.61. The smallest absolute Gasteiger partial charge is 0.149 e. The Balaban J connectivity index is 2.10. The first kappa shape index (κ1) is 10.9. The number of nitrogens with zero attached hydrogens (tertiary/aromatic N) is 3. The highest BCUT2D eigenvalue weighted by molar-refractivity contribution is 14.1.